The molecule has 1 N–H and O–H groups in total. The van der Waals surface area contributed by atoms with Crippen LogP contribution in [0.15, 0.2) is 41.0 Å². The molecule has 0 aliphatic carbocycles. The zero-order valence-corrected chi connectivity index (χ0v) is 10.9. The molecule has 0 amide bonds. The van der Waals surface area contributed by atoms with Crippen LogP contribution < -0.4 is 0 Å². The van der Waals surface area contributed by atoms with Crippen molar-refractivity contribution in [1.29, 1.82) is 0 Å². The van der Waals surface area contributed by atoms with Crippen molar-refractivity contribution < 1.29 is 5.11 Å². The third-order valence-electron chi connectivity index (χ3n) is 2.33. The summed E-state index contributed by atoms with van der Waals surface area (Å²) in [5, 5.41) is 19.1. The van der Waals surface area contributed by atoms with Gasteiger partial charge in [-0.2, -0.15) is 4.37 Å². The normalized spacial score (nSPS) is 11.4. The lowest BCUT2D eigenvalue weighted by molar-refractivity contribution is 0.475. The highest BCUT2D eigenvalue weighted by Gasteiger charge is 2.06. The van der Waals surface area contributed by atoms with E-state index in [4.69, 9.17) is 11.6 Å². The van der Waals surface area contributed by atoms with Gasteiger partial charge in [0.1, 0.15) is 12.1 Å². The summed E-state index contributed by atoms with van der Waals surface area (Å²) in [6.07, 6.45) is 3.08. The fraction of sp³-hybridized carbons (Fsp3) is 0. The van der Waals surface area contributed by atoms with E-state index in [9.17, 15) is 5.11 Å². The van der Waals surface area contributed by atoms with Gasteiger partial charge in [-0.25, -0.2) is 9.97 Å². The van der Waals surface area contributed by atoms with Gasteiger partial charge in [0, 0.05) is 6.20 Å². The highest BCUT2D eigenvalue weighted by atomic mass is 35.5. The lowest BCUT2D eigenvalue weighted by Gasteiger charge is -1.96. The fourth-order valence-electron chi connectivity index (χ4n) is 1.42. The number of hydrogen-bond donors (Lipinski definition) is 1. The Morgan fingerprint density at radius 1 is 1.26 bits per heavy atom. The molecule has 8 heteroatoms. The summed E-state index contributed by atoms with van der Waals surface area (Å²) < 4.78 is 4.13. The number of phenolic OH excluding ortho intramolecular Hbond substituents is 1. The Morgan fingerprint density at radius 2 is 2.16 bits per heavy atom. The van der Waals surface area contributed by atoms with Crippen LogP contribution in [0.25, 0.3) is 11.0 Å². The van der Waals surface area contributed by atoms with Crippen LogP contribution in [-0.2, 0) is 0 Å². The lowest BCUT2D eigenvalue weighted by atomic mass is 10.3. The maximum absolute atomic E-state index is 9.31. The van der Waals surface area contributed by atoms with Crippen LogP contribution in [0.1, 0.15) is 0 Å². The molecule has 19 heavy (non-hydrogen) atoms. The Balaban J connectivity index is 1.96. The molecule has 0 fully saturated rings. The van der Waals surface area contributed by atoms with Crippen molar-refractivity contribution in [2.45, 2.75) is 0 Å². The maximum atomic E-state index is 9.31. The highest BCUT2D eigenvalue weighted by Crippen LogP contribution is 2.32. The Kier molecular flexibility index (Phi) is 3.06. The van der Waals surface area contributed by atoms with Crippen molar-refractivity contribution in [2.75, 3.05) is 0 Å². The minimum Gasteiger partial charge on any atom is -0.506 e. The molecule has 0 atom stereocenters. The Morgan fingerprint density at radius 3 is 3.00 bits per heavy atom. The summed E-state index contributed by atoms with van der Waals surface area (Å²) >= 11 is 6.98. The predicted octanol–water partition coefficient (Wildman–Crippen LogP) is 3.86. The van der Waals surface area contributed by atoms with Gasteiger partial charge < -0.3 is 5.11 Å². The van der Waals surface area contributed by atoms with E-state index in [0.29, 0.717) is 16.3 Å². The van der Waals surface area contributed by atoms with Gasteiger partial charge in [0.15, 0.2) is 10.6 Å². The van der Waals surface area contributed by atoms with Gasteiger partial charge in [0.05, 0.1) is 16.1 Å². The van der Waals surface area contributed by atoms with E-state index in [-0.39, 0.29) is 10.8 Å². The number of nitrogens with zero attached hydrogens (tertiary/aromatic N) is 5. The van der Waals surface area contributed by atoms with Crippen LogP contribution in [0.2, 0.25) is 5.02 Å². The first-order chi connectivity index (χ1) is 9.24. The number of rotatable bonds is 2. The molecule has 3 aromatic rings. The summed E-state index contributed by atoms with van der Waals surface area (Å²) in [4.78, 5) is 7.94. The number of phenols is 1. The highest BCUT2D eigenvalue weighted by molar-refractivity contribution is 7.11. The van der Waals surface area contributed by atoms with Crippen molar-refractivity contribution in [1.82, 2.24) is 14.3 Å². The Hall–Kier alpha value is -2.12. The van der Waals surface area contributed by atoms with E-state index in [1.807, 2.05) is 0 Å². The number of benzene rings is 1. The van der Waals surface area contributed by atoms with Gasteiger partial charge in [-0.3, -0.25) is 0 Å². The molecule has 3 rings (SSSR count). The molecule has 0 radical (unpaired) electrons. The zero-order valence-electron chi connectivity index (χ0n) is 9.36. The number of azo groups is 1. The van der Waals surface area contributed by atoms with Crippen LogP contribution in [-0.4, -0.2) is 19.4 Å². The van der Waals surface area contributed by atoms with Crippen LogP contribution in [0.5, 0.6) is 5.75 Å². The molecular formula is C11H6ClN5OS. The molecule has 0 saturated heterocycles. The second kappa shape index (κ2) is 4.87. The molecule has 2 heterocycles. The van der Waals surface area contributed by atoms with E-state index in [1.165, 1.54) is 30.0 Å². The predicted molar refractivity (Wildman–Crippen MR) is 72.5 cm³/mol. The summed E-state index contributed by atoms with van der Waals surface area (Å²) in [7, 11) is 0. The molecule has 0 bridgehead atoms. The Bertz CT molecular complexity index is 773. The van der Waals surface area contributed by atoms with Gasteiger partial charge in [-0.05, 0) is 29.7 Å². The molecule has 0 aliphatic heterocycles. The van der Waals surface area contributed by atoms with Gasteiger partial charge in [-0.15, -0.1) is 10.2 Å². The molecule has 0 spiro atoms. The van der Waals surface area contributed by atoms with Gasteiger partial charge >= 0.3 is 0 Å². The smallest absolute Gasteiger partial charge is 0.178 e. The molecule has 94 valence electrons. The molecule has 2 aromatic heterocycles. The van der Waals surface area contributed by atoms with Gasteiger partial charge in [0.2, 0.25) is 0 Å². The first kappa shape index (κ1) is 11.9. The van der Waals surface area contributed by atoms with E-state index >= 15 is 0 Å². The summed E-state index contributed by atoms with van der Waals surface area (Å²) in [5.74, 6) is 0.0113. The maximum Gasteiger partial charge on any atom is 0.178 e. The minimum absolute atomic E-state index is 0.0113. The molecular weight excluding hydrogens is 286 g/mol. The van der Waals surface area contributed by atoms with Crippen molar-refractivity contribution in [3.05, 3.63) is 35.7 Å². The van der Waals surface area contributed by atoms with E-state index in [0.717, 1.165) is 5.39 Å². The largest absolute Gasteiger partial charge is 0.506 e. The Labute approximate surface area is 116 Å². The van der Waals surface area contributed by atoms with Crippen molar-refractivity contribution >= 4 is 44.9 Å². The molecule has 0 aliphatic rings. The minimum atomic E-state index is 0.0113. The molecule has 0 unspecified atom stereocenters. The number of aromatic nitrogens is 3. The average Bonchev–Trinajstić information content (AvgIpc) is 2.83. The molecule has 0 saturated carbocycles. The third kappa shape index (κ3) is 2.38. The van der Waals surface area contributed by atoms with E-state index in [2.05, 4.69) is 24.6 Å². The first-order valence-corrected chi connectivity index (χ1v) is 6.35. The second-order valence-corrected chi connectivity index (χ2v) is 4.74. The van der Waals surface area contributed by atoms with Crippen LogP contribution in [0.4, 0.5) is 10.7 Å². The second-order valence-electron chi connectivity index (χ2n) is 3.58. The zero-order chi connectivity index (χ0) is 13.2. The van der Waals surface area contributed by atoms with Crippen LogP contribution in [0.3, 0.4) is 0 Å². The number of halogens is 1. The third-order valence-corrected chi connectivity index (χ3v) is 3.37. The van der Waals surface area contributed by atoms with Gasteiger partial charge in [0.25, 0.3) is 0 Å². The summed E-state index contributed by atoms with van der Waals surface area (Å²) in [6, 6.07) is 4.61. The number of hydrogen-bond acceptors (Lipinski definition) is 7. The summed E-state index contributed by atoms with van der Waals surface area (Å²) in [5.41, 5.74) is 1.14. The van der Waals surface area contributed by atoms with E-state index < -0.39 is 0 Å². The first-order valence-electron chi connectivity index (χ1n) is 5.20. The SMILES string of the molecule is Oc1ccc(/N=N/c2snc3ncncc23)cc1Cl. The standard InChI is InChI=1S/C11H6ClN5OS/c12-8-3-6(1-2-9(8)18)15-16-11-7-4-13-5-14-10(7)17-19-11/h1-5,18H/b16-15+. The lowest BCUT2D eigenvalue weighted by Crippen LogP contribution is -1.76. The number of fused-ring (bicyclic) bond motifs is 1. The fourth-order valence-corrected chi connectivity index (χ4v) is 2.23. The van der Waals surface area contributed by atoms with Crippen molar-refractivity contribution in [2.24, 2.45) is 10.2 Å². The van der Waals surface area contributed by atoms with Crippen molar-refractivity contribution in [3.8, 4) is 5.75 Å². The number of aromatic hydroxyl groups is 1. The molecule has 6 nitrogen and oxygen atoms in total. The quantitative estimate of drug-likeness (QED) is 0.727. The molecule has 1 aromatic carbocycles. The van der Waals surface area contributed by atoms with E-state index in [1.54, 1.807) is 12.3 Å². The topological polar surface area (TPSA) is 83.6 Å². The summed E-state index contributed by atoms with van der Waals surface area (Å²) in [6.45, 7) is 0. The van der Waals surface area contributed by atoms with Crippen LogP contribution in [0, 0.1) is 0 Å². The van der Waals surface area contributed by atoms with Crippen LogP contribution >= 0.6 is 23.1 Å². The monoisotopic (exact) mass is 291 g/mol. The van der Waals surface area contributed by atoms with Crippen molar-refractivity contribution in [3.63, 3.8) is 0 Å². The van der Waals surface area contributed by atoms with Gasteiger partial charge in [-0.1, -0.05) is 11.6 Å². The average molecular weight is 292 g/mol.